The summed E-state index contributed by atoms with van der Waals surface area (Å²) in [6.07, 6.45) is 1.22. The molecule has 0 radical (unpaired) electrons. The van der Waals surface area contributed by atoms with Gasteiger partial charge in [0.15, 0.2) is 0 Å². The maximum Gasteiger partial charge on any atom is 0.241 e. The molecule has 1 N–H and O–H groups in total. The largest absolute Gasteiger partial charge is 0.322 e. The topological polar surface area (TPSA) is 52.9 Å². The number of hydrogen-bond donors (Lipinski definition) is 1. The van der Waals surface area contributed by atoms with Gasteiger partial charge in [-0.3, -0.25) is 4.79 Å². The maximum absolute atomic E-state index is 13.5. The number of nitrogens with one attached hydrogen (secondary N) is 1. The van der Waals surface area contributed by atoms with Crippen molar-refractivity contribution in [2.24, 2.45) is 5.92 Å². The van der Waals surface area contributed by atoms with Crippen LogP contribution in [0.4, 0.5) is 10.1 Å². The fourth-order valence-electron chi connectivity index (χ4n) is 1.54. The molecule has 0 fully saturated rings. The third kappa shape index (κ3) is 3.28. The van der Waals surface area contributed by atoms with Gasteiger partial charge in [-0.25, -0.2) is 4.39 Å². The summed E-state index contributed by atoms with van der Waals surface area (Å²) in [6.45, 7) is 3.60. The minimum absolute atomic E-state index is 0.161. The molecule has 0 aromatic heterocycles. The standard InChI is InChI=1S/C13H15FN2O/c1-3-5-10(8-15)13(17)16-12-9(2)6-4-7-11(12)14/h4,6-7,10H,3,5H2,1-2H3,(H,16,17). The summed E-state index contributed by atoms with van der Waals surface area (Å²) in [5.74, 6) is -1.65. The van der Waals surface area contributed by atoms with Crippen molar-refractivity contribution in [3.8, 4) is 6.07 Å². The van der Waals surface area contributed by atoms with Gasteiger partial charge in [0.2, 0.25) is 5.91 Å². The molecule has 0 saturated carbocycles. The van der Waals surface area contributed by atoms with E-state index in [0.717, 1.165) is 6.42 Å². The summed E-state index contributed by atoms with van der Waals surface area (Å²) < 4.78 is 13.5. The van der Waals surface area contributed by atoms with Gasteiger partial charge < -0.3 is 5.32 Å². The average molecular weight is 234 g/mol. The molecule has 1 rings (SSSR count). The minimum atomic E-state index is -0.723. The second-order valence-corrected chi connectivity index (χ2v) is 3.89. The van der Waals surface area contributed by atoms with Crippen LogP contribution in [-0.4, -0.2) is 5.91 Å². The highest BCUT2D eigenvalue weighted by Gasteiger charge is 2.18. The molecule has 0 aliphatic heterocycles. The van der Waals surface area contributed by atoms with Crippen molar-refractivity contribution >= 4 is 11.6 Å². The lowest BCUT2D eigenvalue weighted by molar-refractivity contribution is -0.118. The number of anilines is 1. The molecule has 1 aromatic carbocycles. The van der Waals surface area contributed by atoms with Crippen LogP contribution in [0.5, 0.6) is 0 Å². The first-order valence-electron chi connectivity index (χ1n) is 5.55. The van der Waals surface area contributed by atoms with Crippen molar-refractivity contribution in [2.75, 3.05) is 5.32 Å². The van der Waals surface area contributed by atoms with E-state index in [4.69, 9.17) is 5.26 Å². The van der Waals surface area contributed by atoms with Crippen LogP contribution in [0.3, 0.4) is 0 Å². The molecular formula is C13H15FN2O. The summed E-state index contributed by atoms with van der Waals surface area (Å²) in [5, 5.41) is 11.3. The Bertz CT molecular complexity index is 431. The van der Waals surface area contributed by atoms with Crippen LogP contribution in [0.15, 0.2) is 18.2 Å². The summed E-state index contributed by atoms with van der Waals surface area (Å²) in [5.41, 5.74) is 0.806. The Morgan fingerprint density at radius 2 is 2.29 bits per heavy atom. The molecule has 0 spiro atoms. The Morgan fingerprint density at radius 1 is 1.59 bits per heavy atom. The molecule has 0 aliphatic carbocycles. The molecule has 1 unspecified atom stereocenters. The number of halogens is 1. The highest BCUT2D eigenvalue weighted by molar-refractivity contribution is 5.94. The zero-order valence-corrected chi connectivity index (χ0v) is 9.96. The Balaban J connectivity index is 2.84. The SMILES string of the molecule is CCCC(C#N)C(=O)Nc1c(C)cccc1F. The van der Waals surface area contributed by atoms with E-state index in [1.165, 1.54) is 6.07 Å². The first-order chi connectivity index (χ1) is 8.10. The van der Waals surface area contributed by atoms with Crippen molar-refractivity contribution in [1.82, 2.24) is 0 Å². The molecule has 1 aromatic rings. The van der Waals surface area contributed by atoms with Gasteiger partial charge in [-0.05, 0) is 25.0 Å². The highest BCUT2D eigenvalue weighted by Crippen LogP contribution is 2.20. The van der Waals surface area contributed by atoms with Gasteiger partial charge in [0.25, 0.3) is 0 Å². The Hall–Kier alpha value is -1.89. The average Bonchev–Trinajstić information content (AvgIpc) is 2.30. The van der Waals surface area contributed by atoms with Crippen molar-refractivity contribution in [2.45, 2.75) is 26.7 Å². The van der Waals surface area contributed by atoms with Gasteiger partial charge in [-0.2, -0.15) is 5.26 Å². The minimum Gasteiger partial charge on any atom is -0.322 e. The van der Waals surface area contributed by atoms with Crippen LogP contribution in [0.25, 0.3) is 0 Å². The lowest BCUT2D eigenvalue weighted by atomic mass is 10.0. The van der Waals surface area contributed by atoms with E-state index < -0.39 is 17.6 Å². The molecule has 1 atom stereocenters. The zero-order chi connectivity index (χ0) is 12.8. The number of benzene rings is 1. The number of rotatable bonds is 4. The van der Waals surface area contributed by atoms with Crippen LogP contribution >= 0.6 is 0 Å². The van der Waals surface area contributed by atoms with Gasteiger partial charge in [0.1, 0.15) is 11.7 Å². The quantitative estimate of drug-likeness (QED) is 0.870. The van der Waals surface area contributed by atoms with E-state index in [2.05, 4.69) is 5.32 Å². The van der Waals surface area contributed by atoms with E-state index in [0.29, 0.717) is 12.0 Å². The van der Waals surface area contributed by atoms with Crippen LogP contribution < -0.4 is 5.32 Å². The van der Waals surface area contributed by atoms with E-state index in [1.54, 1.807) is 19.1 Å². The normalized spacial score (nSPS) is 11.6. The van der Waals surface area contributed by atoms with Crippen LogP contribution in [-0.2, 0) is 4.79 Å². The fraction of sp³-hybridized carbons (Fsp3) is 0.385. The Kier molecular flexibility index (Phi) is 4.65. The summed E-state index contributed by atoms with van der Waals surface area (Å²) in [7, 11) is 0. The number of amides is 1. The second kappa shape index (κ2) is 6.00. The first kappa shape index (κ1) is 13.2. The van der Waals surface area contributed by atoms with Crippen molar-refractivity contribution < 1.29 is 9.18 Å². The number of carbonyl (C=O) groups is 1. The number of carbonyl (C=O) groups excluding carboxylic acids is 1. The van der Waals surface area contributed by atoms with E-state index in [-0.39, 0.29) is 5.69 Å². The Labute approximate surface area is 100 Å². The van der Waals surface area contributed by atoms with Gasteiger partial charge in [0.05, 0.1) is 11.8 Å². The molecule has 1 amide bonds. The third-order valence-electron chi connectivity index (χ3n) is 2.52. The van der Waals surface area contributed by atoms with Gasteiger partial charge in [-0.1, -0.05) is 25.5 Å². The predicted molar refractivity (Wildman–Crippen MR) is 63.8 cm³/mol. The fourth-order valence-corrected chi connectivity index (χ4v) is 1.54. The molecule has 4 heteroatoms. The number of para-hydroxylation sites is 1. The van der Waals surface area contributed by atoms with Crippen LogP contribution in [0, 0.1) is 30.0 Å². The van der Waals surface area contributed by atoms with Gasteiger partial charge >= 0.3 is 0 Å². The number of aryl methyl sites for hydroxylation is 1. The number of hydrogen-bond acceptors (Lipinski definition) is 2. The third-order valence-corrected chi connectivity index (χ3v) is 2.52. The summed E-state index contributed by atoms with van der Waals surface area (Å²) in [6, 6.07) is 6.49. The Morgan fingerprint density at radius 3 is 2.82 bits per heavy atom. The predicted octanol–water partition coefficient (Wildman–Crippen LogP) is 3.01. The second-order valence-electron chi connectivity index (χ2n) is 3.89. The number of nitrogens with zero attached hydrogens (tertiary/aromatic N) is 1. The van der Waals surface area contributed by atoms with E-state index in [1.807, 2.05) is 13.0 Å². The molecule has 0 aliphatic rings. The lowest BCUT2D eigenvalue weighted by Gasteiger charge is -2.12. The molecule has 3 nitrogen and oxygen atoms in total. The lowest BCUT2D eigenvalue weighted by Crippen LogP contribution is -2.22. The van der Waals surface area contributed by atoms with Crippen molar-refractivity contribution in [3.05, 3.63) is 29.6 Å². The van der Waals surface area contributed by atoms with Crippen LogP contribution in [0.1, 0.15) is 25.3 Å². The molecule has 0 bridgehead atoms. The van der Waals surface area contributed by atoms with Gasteiger partial charge in [0, 0.05) is 0 Å². The monoisotopic (exact) mass is 234 g/mol. The highest BCUT2D eigenvalue weighted by atomic mass is 19.1. The molecule has 0 heterocycles. The summed E-state index contributed by atoms with van der Waals surface area (Å²) in [4.78, 5) is 11.7. The van der Waals surface area contributed by atoms with Crippen LogP contribution in [0.2, 0.25) is 0 Å². The molecule has 0 saturated heterocycles. The molecular weight excluding hydrogens is 219 g/mol. The number of nitriles is 1. The van der Waals surface area contributed by atoms with E-state index >= 15 is 0 Å². The molecule has 17 heavy (non-hydrogen) atoms. The zero-order valence-electron chi connectivity index (χ0n) is 9.96. The maximum atomic E-state index is 13.5. The van der Waals surface area contributed by atoms with Crippen molar-refractivity contribution in [1.29, 1.82) is 5.26 Å². The van der Waals surface area contributed by atoms with E-state index in [9.17, 15) is 9.18 Å². The summed E-state index contributed by atoms with van der Waals surface area (Å²) >= 11 is 0. The smallest absolute Gasteiger partial charge is 0.241 e. The molecule has 90 valence electrons. The van der Waals surface area contributed by atoms with Gasteiger partial charge in [-0.15, -0.1) is 0 Å². The van der Waals surface area contributed by atoms with Crippen molar-refractivity contribution in [3.63, 3.8) is 0 Å². The first-order valence-corrected chi connectivity index (χ1v) is 5.55.